The van der Waals surface area contributed by atoms with Crippen LogP contribution in [0.2, 0.25) is 0 Å². The zero-order valence-electron chi connectivity index (χ0n) is 10.8. The maximum Gasteiger partial charge on any atom is 0.258 e. The van der Waals surface area contributed by atoms with Gasteiger partial charge in [0.25, 0.3) is 5.91 Å². The average Bonchev–Trinajstić information content (AvgIpc) is 2.49. The fourth-order valence-corrected chi connectivity index (χ4v) is 2.46. The van der Waals surface area contributed by atoms with Gasteiger partial charge in [0.2, 0.25) is 0 Å². The predicted octanol–water partition coefficient (Wildman–Crippen LogP) is 2.13. The average molecular weight is 247 g/mol. The molecule has 1 heterocycles. The SMILES string of the molecule is CC(=O)C[C@]1(C)O[C@@H](C)C(=O)N1c1ccccc1. The van der Waals surface area contributed by atoms with E-state index < -0.39 is 11.8 Å². The van der Waals surface area contributed by atoms with Gasteiger partial charge in [-0.15, -0.1) is 0 Å². The van der Waals surface area contributed by atoms with Crippen molar-refractivity contribution in [2.45, 2.75) is 39.0 Å². The molecule has 1 aliphatic heterocycles. The van der Waals surface area contributed by atoms with E-state index in [0.29, 0.717) is 0 Å². The molecule has 0 spiro atoms. The van der Waals surface area contributed by atoms with Crippen molar-refractivity contribution in [1.82, 2.24) is 0 Å². The lowest BCUT2D eigenvalue weighted by Crippen LogP contribution is -2.45. The molecule has 0 unspecified atom stereocenters. The molecular weight excluding hydrogens is 230 g/mol. The summed E-state index contributed by atoms with van der Waals surface area (Å²) in [7, 11) is 0. The van der Waals surface area contributed by atoms with Crippen LogP contribution in [0.3, 0.4) is 0 Å². The van der Waals surface area contributed by atoms with E-state index in [1.165, 1.54) is 6.92 Å². The van der Waals surface area contributed by atoms with Crippen LogP contribution < -0.4 is 4.90 Å². The van der Waals surface area contributed by atoms with Gasteiger partial charge in [0.05, 0.1) is 6.42 Å². The number of benzene rings is 1. The molecule has 2 rings (SSSR count). The molecule has 1 saturated heterocycles. The molecule has 0 aromatic heterocycles. The smallest absolute Gasteiger partial charge is 0.258 e. The Morgan fingerprint density at radius 3 is 2.56 bits per heavy atom. The van der Waals surface area contributed by atoms with Crippen LogP contribution in [-0.2, 0) is 14.3 Å². The van der Waals surface area contributed by atoms with Crippen LogP contribution in [0.4, 0.5) is 5.69 Å². The third-order valence-electron chi connectivity index (χ3n) is 3.06. The number of nitrogens with zero attached hydrogens (tertiary/aromatic N) is 1. The Morgan fingerprint density at radius 2 is 2.00 bits per heavy atom. The van der Waals surface area contributed by atoms with Crippen molar-refractivity contribution >= 4 is 17.4 Å². The lowest BCUT2D eigenvalue weighted by atomic mass is 10.1. The highest BCUT2D eigenvalue weighted by Crippen LogP contribution is 2.35. The Balaban J connectivity index is 2.40. The van der Waals surface area contributed by atoms with E-state index in [-0.39, 0.29) is 18.1 Å². The molecule has 1 aromatic rings. The highest BCUT2D eigenvalue weighted by Gasteiger charge is 2.48. The maximum absolute atomic E-state index is 12.2. The van der Waals surface area contributed by atoms with Gasteiger partial charge < -0.3 is 4.74 Å². The molecule has 0 bridgehead atoms. The van der Waals surface area contributed by atoms with E-state index in [1.807, 2.05) is 30.3 Å². The number of carbonyl (C=O) groups excluding carboxylic acids is 2. The van der Waals surface area contributed by atoms with Gasteiger partial charge in [0, 0.05) is 5.69 Å². The summed E-state index contributed by atoms with van der Waals surface area (Å²) in [6.07, 6.45) is -0.326. The fourth-order valence-electron chi connectivity index (χ4n) is 2.46. The Labute approximate surface area is 107 Å². The molecule has 96 valence electrons. The van der Waals surface area contributed by atoms with E-state index in [9.17, 15) is 9.59 Å². The second kappa shape index (κ2) is 4.53. The van der Waals surface area contributed by atoms with Crippen LogP contribution in [-0.4, -0.2) is 23.5 Å². The minimum Gasteiger partial charge on any atom is -0.342 e. The number of Topliss-reactive ketones (excluding diaryl/α,β-unsaturated/α-hetero) is 1. The summed E-state index contributed by atoms with van der Waals surface area (Å²) in [6.45, 7) is 5.00. The minimum atomic E-state index is -0.885. The standard InChI is InChI=1S/C14H17NO3/c1-10(16)9-14(3)15(13(17)11(2)18-14)12-7-5-4-6-8-12/h4-8,11H,9H2,1-3H3/t11-,14-/m0/s1. The van der Waals surface area contributed by atoms with E-state index in [2.05, 4.69) is 0 Å². The molecular formula is C14H17NO3. The van der Waals surface area contributed by atoms with Gasteiger partial charge >= 0.3 is 0 Å². The third-order valence-corrected chi connectivity index (χ3v) is 3.06. The van der Waals surface area contributed by atoms with Crippen LogP contribution in [0.5, 0.6) is 0 Å². The quantitative estimate of drug-likeness (QED) is 0.822. The first-order chi connectivity index (χ1) is 8.44. The van der Waals surface area contributed by atoms with Gasteiger partial charge in [-0.05, 0) is 32.9 Å². The summed E-state index contributed by atoms with van der Waals surface area (Å²) in [6, 6.07) is 9.30. The van der Waals surface area contributed by atoms with Crippen molar-refractivity contribution in [2.24, 2.45) is 0 Å². The Bertz CT molecular complexity index is 471. The Hall–Kier alpha value is -1.68. The molecule has 1 fully saturated rings. The number of amides is 1. The summed E-state index contributed by atoms with van der Waals surface area (Å²) in [5.74, 6) is -0.106. The molecule has 1 amide bonds. The van der Waals surface area contributed by atoms with Crippen LogP contribution >= 0.6 is 0 Å². The molecule has 0 N–H and O–H groups in total. The first kappa shape index (κ1) is 12.8. The number of rotatable bonds is 3. The van der Waals surface area contributed by atoms with Crippen molar-refractivity contribution in [2.75, 3.05) is 4.90 Å². The zero-order chi connectivity index (χ0) is 13.3. The van der Waals surface area contributed by atoms with Gasteiger partial charge in [0.1, 0.15) is 11.9 Å². The lowest BCUT2D eigenvalue weighted by molar-refractivity contribution is -0.126. The van der Waals surface area contributed by atoms with Crippen LogP contribution in [0.15, 0.2) is 30.3 Å². The van der Waals surface area contributed by atoms with Gasteiger partial charge in [0.15, 0.2) is 5.72 Å². The van der Waals surface area contributed by atoms with Gasteiger partial charge in [-0.2, -0.15) is 0 Å². The molecule has 2 atom stereocenters. The summed E-state index contributed by atoms with van der Waals surface area (Å²) in [4.78, 5) is 25.2. The van der Waals surface area contributed by atoms with Gasteiger partial charge in [-0.25, -0.2) is 0 Å². The first-order valence-electron chi connectivity index (χ1n) is 6.00. The largest absolute Gasteiger partial charge is 0.342 e. The van der Waals surface area contributed by atoms with Crippen molar-refractivity contribution in [3.63, 3.8) is 0 Å². The van der Waals surface area contributed by atoms with E-state index in [4.69, 9.17) is 4.74 Å². The summed E-state index contributed by atoms with van der Waals surface area (Å²) in [5, 5.41) is 0. The molecule has 0 aliphatic carbocycles. The number of para-hydroxylation sites is 1. The number of hydrogen-bond acceptors (Lipinski definition) is 3. The minimum absolute atomic E-state index is 0.000307. The lowest BCUT2D eigenvalue weighted by Gasteiger charge is -2.32. The van der Waals surface area contributed by atoms with Gasteiger partial charge in [-0.3, -0.25) is 14.5 Å². The Morgan fingerprint density at radius 1 is 1.39 bits per heavy atom. The predicted molar refractivity (Wildman–Crippen MR) is 68.2 cm³/mol. The van der Waals surface area contributed by atoms with Crippen molar-refractivity contribution < 1.29 is 14.3 Å². The monoisotopic (exact) mass is 247 g/mol. The molecule has 1 aliphatic rings. The van der Waals surface area contributed by atoms with Crippen molar-refractivity contribution in [3.05, 3.63) is 30.3 Å². The van der Waals surface area contributed by atoms with E-state index in [0.717, 1.165) is 5.69 Å². The Kier molecular flexibility index (Phi) is 3.22. The molecule has 4 nitrogen and oxygen atoms in total. The second-order valence-corrected chi connectivity index (χ2v) is 4.82. The molecule has 18 heavy (non-hydrogen) atoms. The van der Waals surface area contributed by atoms with Gasteiger partial charge in [-0.1, -0.05) is 18.2 Å². The van der Waals surface area contributed by atoms with Crippen LogP contribution in [0.25, 0.3) is 0 Å². The maximum atomic E-state index is 12.2. The normalized spacial score (nSPS) is 27.6. The topological polar surface area (TPSA) is 46.6 Å². The highest BCUT2D eigenvalue weighted by atomic mass is 16.5. The number of anilines is 1. The molecule has 4 heteroatoms. The van der Waals surface area contributed by atoms with Crippen LogP contribution in [0, 0.1) is 0 Å². The zero-order valence-corrected chi connectivity index (χ0v) is 10.8. The summed E-state index contributed by atoms with van der Waals surface area (Å²) >= 11 is 0. The second-order valence-electron chi connectivity index (χ2n) is 4.82. The number of hydrogen-bond donors (Lipinski definition) is 0. The summed E-state index contributed by atoms with van der Waals surface area (Å²) in [5.41, 5.74) is -0.125. The third kappa shape index (κ3) is 2.16. The number of carbonyl (C=O) groups is 2. The molecule has 0 radical (unpaired) electrons. The van der Waals surface area contributed by atoms with Crippen molar-refractivity contribution in [3.8, 4) is 0 Å². The van der Waals surface area contributed by atoms with E-state index in [1.54, 1.807) is 18.7 Å². The molecule has 0 saturated carbocycles. The summed E-state index contributed by atoms with van der Waals surface area (Å²) < 4.78 is 5.69. The van der Waals surface area contributed by atoms with E-state index >= 15 is 0 Å². The number of ether oxygens (including phenoxy) is 1. The fraction of sp³-hybridized carbons (Fsp3) is 0.429. The van der Waals surface area contributed by atoms with Crippen LogP contribution in [0.1, 0.15) is 27.2 Å². The number of ketones is 1. The first-order valence-corrected chi connectivity index (χ1v) is 6.00. The van der Waals surface area contributed by atoms with Crippen molar-refractivity contribution in [1.29, 1.82) is 0 Å². The highest BCUT2D eigenvalue weighted by molar-refractivity contribution is 6.00. The molecule has 1 aromatic carbocycles.